The number of amides is 3. The van der Waals surface area contributed by atoms with E-state index in [9.17, 15) is 14.4 Å². The minimum Gasteiger partial charge on any atom is -0.459 e. The second-order valence-electron chi connectivity index (χ2n) is 6.88. The number of hydrogen-bond acceptors (Lipinski definition) is 4. The summed E-state index contributed by atoms with van der Waals surface area (Å²) in [6.45, 7) is 0.808. The van der Waals surface area contributed by atoms with Crippen LogP contribution in [0.1, 0.15) is 23.4 Å². The van der Waals surface area contributed by atoms with Crippen LogP contribution < -0.4 is 5.32 Å². The smallest absolute Gasteiger partial charge is 0.289 e. The number of halogens is 2. The van der Waals surface area contributed by atoms with Crippen molar-refractivity contribution >= 4 is 46.6 Å². The second kappa shape index (κ2) is 9.33. The summed E-state index contributed by atoms with van der Waals surface area (Å²) in [5.74, 6) is -0.638. The van der Waals surface area contributed by atoms with E-state index >= 15 is 0 Å². The van der Waals surface area contributed by atoms with Gasteiger partial charge in [0, 0.05) is 26.1 Å². The lowest BCUT2D eigenvalue weighted by Crippen LogP contribution is -2.45. The molecule has 0 bridgehead atoms. The highest BCUT2D eigenvalue weighted by Crippen LogP contribution is 2.29. The van der Waals surface area contributed by atoms with Gasteiger partial charge in [0.05, 0.1) is 28.5 Å². The molecule has 9 heteroatoms. The van der Waals surface area contributed by atoms with E-state index in [-0.39, 0.29) is 30.2 Å². The van der Waals surface area contributed by atoms with Crippen LogP contribution in [0.25, 0.3) is 0 Å². The van der Waals surface area contributed by atoms with E-state index in [1.165, 1.54) is 11.2 Å². The molecule has 0 spiro atoms. The number of piperidine rings is 1. The third kappa shape index (κ3) is 5.10. The van der Waals surface area contributed by atoms with Crippen molar-refractivity contribution in [2.45, 2.75) is 12.8 Å². The number of carbonyl (C=O) groups excluding carboxylic acids is 3. The summed E-state index contributed by atoms with van der Waals surface area (Å²) in [6.07, 6.45) is 2.53. The Morgan fingerprint density at radius 3 is 2.38 bits per heavy atom. The fourth-order valence-corrected chi connectivity index (χ4v) is 3.78. The zero-order valence-corrected chi connectivity index (χ0v) is 17.4. The van der Waals surface area contributed by atoms with Gasteiger partial charge in [-0.15, -0.1) is 0 Å². The first-order chi connectivity index (χ1) is 13.9. The summed E-state index contributed by atoms with van der Waals surface area (Å²) < 4.78 is 5.14. The SMILES string of the molecule is CN(CC(=O)Nc1c(Cl)cccc1Cl)C(=O)C1CCN(C(=O)c2ccco2)CC1. The maximum Gasteiger partial charge on any atom is 0.289 e. The number of anilines is 1. The molecule has 2 aromatic rings. The Hall–Kier alpha value is -2.51. The van der Waals surface area contributed by atoms with Gasteiger partial charge in [0.2, 0.25) is 11.8 Å². The molecule has 0 radical (unpaired) electrons. The van der Waals surface area contributed by atoms with Crippen molar-refractivity contribution in [1.82, 2.24) is 9.80 Å². The first kappa shape index (κ1) is 21.2. The van der Waals surface area contributed by atoms with E-state index in [0.717, 1.165) is 0 Å². The topological polar surface area (TPSA) is 82.9 Å². The molecule has 3 rings (SSSR count). The maximum absolute atomic E-state index is 12.7. The van der Waals surface area contributed by atoms with E-state index in [0.29, 0.717) is 47.4 Å². The number of likely N-dealkylation sites (N-methyl/N-ethyl adjacent to an activating group) is 1. The number of furan rings is 1. The van der Waals surface area contributed by atoms with Gasteiger partial charge in [-0.25, -0.2) is 0 Å². The standard InChI is InChI=1S/C20H21Cl2N3O4/c1-24(12-17(26)23-18-14(21)4-2-5-15(18)22)19(27)13-7-9-25(10-8-13)20(28)16-6-3-11-29-16/h2-6,11,13H,7-10,12H2,1H3,(H,23,26). The van der Waals surface area contributed by atoms with Gasteiger partial charge in [-0.05, 0) is 37.1 Å². The molecule has 1 aromatic heterocycles. The number of nitrogens with zero attached hydrogens (tertiary/aromatic N) is 2. The number of carbonyl (C=O) groups is 3. The van der Waals surface area contributed by atoms with E-state index in [1.54, 1.807) is 42.3 Å². The van der Waals surface area contributed by atoms with E-state index < -0.39 is 0 Å². The molecule has 29 heavy (non-hydrogen) atoms. The van der Waals surface area contributed by atoms with Crippen LogP contribution in [0.15, 0.2) is 41.0 Å². The molecular weight excluding hydrogens is 417 g/mol. The molecule has 154 valence electrons. The normalized spacial score (nSPS) is 14.5. The molecule has 1 fully saturated rings. The van der Waals surface area contributed by atoms with Gasteiger partial charge in [-0.3, -0.25) is 14.4 Å². The zero-order chi connectivity index (χ0) is 21.0. The number of benzene rings is 1. The minimum absolute atomic E-state index is 0.119. The first-order valence-corrected chi connectivity index (χ1v) is 9.94. The predicted octanol–water partition coefficient (Wildman–Crippen LogP) is 3.54. The summed E-state index contributed by atoms with van der Waals surface area (Å²) in [5, 5.41) is 3.30. The number of para-hydroxylation sites is 1. The average Bonchev–Trinajstić information content (AvgIpc) is 3.24. The summed E-state index contributed by atoms with van der Waals surface area (Å²) in [5.41, 5.74) is 0.325. The van der Waals surface area contributed by atoms with Crippen LogP contribution in [0.4, 0.5) is 5.69 Å². The molecule has 1 aliphatic heterocycles. The Balaban J connectivity index is 1.50. The molecule has 0 unspecified atom stereocenters. The van der Waals surface area contributed by atoms with Crippen LogP contribution in [0, 0.1) is 5.92 Å². The highest BCUT2D eigenvalue weighted by Gasteiger charge is 2.30. The molecule has 7 nitrogen and oxygen atoms in total. The number of hydrogen-bond donors (Lipinski definition) is 1. The fourth-order valence-electron chi connectivity index (χ4n) is 3.29. The van der Waals surface area contributed by atoms with Crippen molar-refractivity contribution in [3.8, 4) is 0 Å². The Morgan fingerprint density at radius 2 is 1.79 bits per heavy atom. The molecule has 1 aliphatic rings. The van der Waals surface area contributed by atoms with Crippen molar-refractivity contribution in [2.75, 3.05) is 32.0 Å². The predicted molar refractivity (Wildman–Crippen MR) is 110 cm³/mol. The highest BCUT2D eigenvalue weighted by molar-refractivity contribution is 6.39. The fraction of sp³-hybridized carbons (Fsp3) is 0.350. The Labute approximate surface area is 178 Å². The second-order valence-corrected chi connectivity index (χ2v) is 7.70. The zero-order valence-electron chi connectivity index (χ0n) is 15.9. The molecule has 1 aromatic carbocycles. The van der Waals surface area contributed by atoms with Crippen molar-refractivity contribution in [3.05, 3.63) is 52.4 Å². The molecule has 3 amide bonds. The van der Waals surface area contributed by atoms with Crippen LogP contribution in [0.3, 0.4) is 0 Å². The summed E-state index contributed by atoms with van der Waals surface area (Å²) >= 11 is 12.1. The Kier molecular flexibility index (Phi) is 6.82. The van der Waals surface area contributed by atoms with Crippen molar-refractivity contribution in [2.24, 2.45) is 5.92 Å². The Bertz CT molecular complexity index is 873. The quantitative estimate of drug-likeness (QED) is 0.775. The van der Waals surface area contributed by atoms with Crippen molar-refractivity contribution in [3.63, 3.8) is 0 Å². The number of nitrogens with one attached hydrogen (secondary N) is 1. The molecular formula is C20H21Cl2N3O4. The van der Waals surface area contributed by atoms with Gasteiger partial charge in [-0.2, -0.15) is 0 Å². The molecule has 0 saturated carbocycles. The number of likely N-dealkylation sites (tertiary alicyclic amines) is 1. The van der Waals surface area contributed by atoms with Gasteiger partial charge in [0.25, 0.3) is 5.91 Å². The van der Waals surface area contributed by atoms with Crippen molar-refractivity contribution < 1.29 is 18.8 Å². The molecule has 0 atom stereocenters. The van der Waals surface area contributed by atoms with Gasteiger partial charge >= 0.3 is 0 Å². The van der Waals surface area contributed by atoms with Crippen molar-refractivity contribution in [1.29, 1.82) is 0 Å². The lowest BCUT2D eigenvalue weighted by atomic mass is 9.95. The first-order valence-electron chi connectivity index (χ1n) is 9.18. The van der Waals surface area contributed by atoms with Gasteiger partial charge in [0.1, 0.15) is 0 Å². The van der Waals surface area contributed by atoms with Crippen LogP contribution >= 0.6 is 23.2 Å². The summed E-state index contributed by atoms with van der Waals surface area (Å²) in [4.78, 5) is 40.4. The molecule has 1 N–H and O–H groups in total. The third-order valence-electron chi connectivity index (χ3n) is 4.85. The minimum atomic E-state index is -0.388. The number of rotatable bonds is 5. The monoisotopic (exact) mass is 437 g/mol. The van der Waals surface area contributed by atoms with Crippen LogP contribution in [0.5, 0.6) is 0 Å². The third-order valence-corrected chi connectivity index (χ3v) is 5.48. The molecule has 0 aliphatic carbocycles. The van der Waals surface area contributed by atoms with E-state index in [2.05, 4.69) is 5.32 Å². The largest absolute Gasteiger partial charge is 0.459 e. The summed E-state index contributed by atoms with van der Waals surface area (Å²) in [7, 11) is 1.58. The van der Waals surface area contributed by atoms with Crippen LogP contribution in [0.2, 0.25) is 10.0 Å². The van der Waals surface area contributed by atoms with Crippen LogP contribution in [-0.2, 0) is 9.59 Å². The lowest BCUT2D eigenvalue weighted by Gasteiger charge is -2.32. The molecule has 1 saturated heterocycles. The average molecular weight is 438 g/mol. The molecule has 2 heterocycles. The lowest BCUT2D eigenvalue weighted by molar-refractivity contribution is -0.138. The van der Waals surface area contributed by atoms with Gasteiger partial charge in [0.15, 0.2) is 5.76 Å². The Morgan fingerprint density at radius 1 is 1.14 bits per heavy atom. The van der Waals surface area contributed by atoms with Gasteiger partial charge < -0.3 is 19.5 Å². The van der Waals surface area contributed by atoms with Gasteiger partial charge in [-0.1, -0.05) is 29.3 Å². The van der Waals surface area contributed by atoms with Crippen LogP contribution in [-0.4, -0.2) is 54.2 Å². The van der Waals surface area contributed by atoms with E-state index in [1.807, 2.05) is 0 Å². The maximum atomic E-state index is 12.7. The summed E-state index contributed by atoms with van der Waals surface area (Å²) in [6, 6.07) is 8.21. The van der Waals surface area contributed by atoms with E-state index in [4.69, 9.17) is 27.6 Å². The highest BCUT2D eigenvalue weighted by atomic mass is 35.5.